The second-order valence-corrected chi connectivity index (χ2v) is 5.48. The van der Waals surface area contributed by atoms with Crippen molar-refractivity contribution < 1.29 is 19.2 Å². The van der Waals surface area contributed by atoms with Gasteiger partial charge in [0.05, 0.1) is 6.61 Å². The van der Waals surface area contributed by atoms with Gasteiger partial charge >= 0.3 is 6.09 Å². The number of hydrogen-bond acceptors (Lipinski definition) is 4. The highest BCUT2D eigenvalue weighted by Gasteiger charge is 2.27. The summed E-state index contributed by atoms with van der Waals surface area (Å²) in [7, 11) is 0. The number of piperidine rings is 1. The summed E-state index contributed by atoms with van der Waals surface area (Å²) in [6, 6.07) is 0. The van der Waals surface area contributed by atoms with Crippen LogP contribution in [0.25, 0.3) is 0 Å². The Labute approximate surface area is 108 Å². The van der Waals surface area contributed by atoms with Crippen molar-refractivity contribution in [1.29, 1.82) is 0 Å². The molecule has 1 fully saturated rings. The predicted molar refractivity (Wildman–Crippen MR) is 65.7 cm³/mol. The molecule has 0 aromatic rings. The summed E-state index contributed by atoms with van der Waals surface area (Å²) < 4.78 is 5.33. The summed E-state index contributed by atoms with van der Waals surface area (Å²) in [5, 5.41) is 0. The van der Waals surface area contributed by atoms with Gasteiger partial charge in [0, 0.05) is 19.0 Å². The lowest BCUT2D eigenvalue weighted by atomic mass is 9.99. The molecule has 0 aromatic heterocycles. The molecule has 1 unspecified atom stereocenters. The first-order valence-corrected chi connectivity index (χ1v) is 6.21. The van der Waals surface area contributed by atoms with E-state index < -0.39 is 5.60 Å². The highest BCUT2D eigenvalue weighted by atomic mass is 16.6. The Hall–Kier alpha value is -1.30. The third-order valence-corrected chi connectivity index (χ3v) is 2.62. The summed E-state index contributed by atoms with van der Waals surface area (Å²) in [6.45, 7) is 7.29. The van der Waals surface area contributed by atoms with Gasteiger partial charge in [0.2, 0.25) is 6.41 Å². The Morgan fingerprint density at radius 2 is 2.22 bits per heavy atom. The van der Waals surface area contributed by atoms with Crippen molar-refractivity contribution in [3.63, 3.8) is 0 Å². The van der Waals surface area contributed by atoms with E-state index in [-0.39, 0.29) is 12.0 Å². The van der Waals surface area contributed by atoms with Crippen molar-refractivity contribution in [1.82, 2.24) is 10.4 Å². The molecular weight excluding hydrogens is 236 g/mol. The van der Waals surface area contributed by atoms with Crippen LogP contribution in [-0.4, -0.2) is 42.7 Å². The van der Waals surface area contributed by atoms with E-state index in [1.165, 1.54) is 0 Å². The van der Waals surface area contributed by atoms with Crippen LogP contribution in [0.2, 0.25) is 0 Å². The first kappa shape index (κ1) is 14.8. The standard InChI is InChI=1S/C12H22N2O4/c1-12(2,3)18-11(16)14-6-4-5-10(7-14)8-17-13-9-15/h9-10H,4-8H2,1-3H3,(H,13,15). The maximum Gasteiger partial charge on any atom is 0.410 e. The molecule has 6 heteroatoms. The van der Waals surface area contributed by atoms with Crippen molar-refractivity contribution in [2.45, 2.75) is 39.2 Å². The molecule has 18 heavy (non-hydrogen) atoms. The van der Waals surface area contributed by atoms with E-state index in [0.717, 1.165) is 12.8 Å². The van der Waals surface area contributed by atoms with Gasteiger partial charge in [0.1, 0.15) is 5.60 Å². The van der Waals surface area contributed by atoms with Crippen molar-refractivity contribution in [3.05, 3.63) is 0 Å². The summed E-state index contributed by atoms with van der Waals surface area (Å²) in [5.74, 6) is 0.235. The number of nitrogens with one attached hydrogen (secondary N) is 1. The number of hydrogen-bond donors (Lipinski definition) is 1. The third kappa shape index (κ3) is 5.35. The molecule has 1 aliphatic rings. The monoisotopic (exact) mass is 258 g/mol. The zero-order valence-electron chi connectivity index (χ0n) is 11.3. The highest BCUT2D eigenvalue weighted by molar-refractivity contribution is 5.68. The van der Waals surface area contributed by atoms with Crippen LogP contribution >= 0.6 is 0 Å². The SMILES string of the molecule is CC(C)(C)OC(=O)N1CCCC(CONC=O)C1. The normalized spacial score (nSPS) is 20.4. The van der Waals surface area contributed by atoms with E-state index in [0.29, 0.717) is 26.1 Å². The summed E-state index contributed by atoms with van der Waals surface area (Å²) in [5.41, 5.74) is 1.69. The molecule has 0 radical (unpaired) electrons. The van der Waals surface area contributed by atoms with Crippen molar-refractivity contribution in [2.75, 3.05) is 19.7 Å². The number of ether oxygens (including phenoxy) is 1. The minimum Gasteiger partial charge on any atom is -0.444 e. The van der Waals surface area contributed by atoms with Crippen LogP contribution in [-0.2, 0) is 14.4 Å². The molecule has 0 aromatic carbocycles. The van der Waals surface area contributed by atoms with Crippen LogP contribution < -0.4 is 5.48 Å². The minimum atomic E-state index is -0.473. The first-order chi connectivity index (χ1) is 8.42. The zero-order chi connectivity index (χ0) is 13.6. The molecule has 2 amide bonds. The fourth-order valence-electron chi connectivity index (χ4n) is 1.89. The van der Waals surface area contributed by atoms with Gasteiger partial charge in [-0.25, -0.2) is 10.3 Å². The Kier molecular flexibility index (Phi) is 5.40. The number of hydroxylamine groups is 1. The van der Waals surface area contributed by atoms with Crippen molar-refractivity contribution >= 4 is 12.5 Å². The summed E-state index contributed by atoms with van der Waals surface area (Å²) in [6.07, 6.45) is 2.12. The molecule has 0 aliphatic carbocycles. The average Bonchev–Trinajstić information content (AvgIpc) is 2.27. The van der Waals surface area contributed by atoms with Gasteiger partial charge in [-0.1, -0.05) is 0 Å². The molecule has 1 atom stereocenters. The number of carbonyl (C=O) groups excluding carboxylic acids is 2. The summed E-state index contributed by atoms with van der Waals surface area (Å²) in [4.78, 5) is 28.6. The smallest absolute Gasteiger partial charge is 0.410 e. The lowest BCUT2D eigenvalue weighted by Gasteiger charge is -2.33. The second kappa shape index (κ2) is 6.58. The van der Waals surface area contributed by atoms with Gasteiger partial charge in [0.25, 0.3) is 0 Å². The number of nitrogens with zero attached hydrogens (tertiary/aromatic N) is 1. The fourth-order valence-corrected chi connectivity index (χ4v) is 1.89. The van der Waals surface area contributed by atoms with Gasteiger partial charge in [-0.2, -0.15) is 0 Å². The van der Waals surface area contributed by atoms with Crippen LogP contribution in [0.3, 0.4) is 0 Å². The molecule has 1 aliphatic heterocycles. The lowest BCUT2D eigenvalue weighted by Crippen LogP contribution is -2.44. The van der Waals surface area contributed by atoms with Crippen molar-refractivity contribution in [3.8, 4) is 0 Å². The van der Waals surface area contributed by atoms with Gasteiger partial charge in [-0.3, -0.25) is 9.63 Å². The van der Waals surface area contributed by atoms with E-state index in [4.69, 9.17) is 9.57 Å². The van der Waals surface area contributed by atoms with E-state index in [1.54, 1.807) is 4.90 Å². The lowest BCUT2D eigenvalue weighted by molar-refractivity contribution is -0.122. The number of likely N-dealkylation sites (tertiary alicyclic amines) is 1. The van der Waals surface area contributed by atoms with Crippen LogP contribution in [0.1, 0.15) is 33.6 Å². The molecule has 6 nitrogen and oxygen atoms in total. The Balaban J connectivity index is 2.38. The summed E-state index contributed by atoms with van der Waals surface area (Å²) >= 11 is 0. The fraction of sp³-hybridized carbons (Fsp3) is 0.833. The third-order valence-electron chi connectivity index (χ3n) is 2.62. The largest absolute Gasteiger partial charge is 0.444 e. The van der Waals surface area contributed by atoms with E-state index in [2.05, 4.69) is 5.48 Å². The molecule has 0 saturated carbocycles. The minimum absolute atomic E-state index is 0.235. The van der Waals surface area contributed by atoms with Crippen LogP contribution in [0.4, 0.5) is 4.79 Å². The Morgan fingerprint density at radius 3 is 2.83 bits per heavy atom. The second-order valence-electron chi connectivity index (χ2n) is 5.48. The quantitative estimate of drug-likeness (QED) is 0.469. The molecule has 1 saturated heterocycles. The maximum absolute atomic E-state index is 11.9. The number of carbonyl (C=O) groups is 2. The molecule has 104 valence electrons. The number of rotatable bonds is 4. The van der Waals surface area contributed by atoms with E-state index in [9.17, 15) is 9.59 Å². The topological polar surface area (TPSA) is 67.9 Å². The molecule has 0 bridgehead atoms. The Morgan fingerprint density at radius 1 is 1.50 bits per heavy atom. The van der Waals surface area contributed by atoms with Crippen LogP contribution in [0.15, 0.2) is 0 Å². The van der Waals surface area contributed by atoms with Gasteiger partial charge in [-0.05, 0) is 33.6 Å². The van der Waals surface area contributed by atoms with Gasteiger partial charge in [-0.15, -0.1) is 0 Å². The first-order valence-electron chi connectivity index (χ1n) is 6.21. The Bertz CT molecular complexity index is 288. The van der Waals surface area contributed by atoms with E-state index in [1.807, 2.05) is 20.8 Å². The molecule has 1 N–H and O–H groups in total. The molecule has 0 spiro atoms. The van der Waals surface area contributed by atoms with Gasteiger partial charge in [0.15, 0.2) is 0 Å². The molecule has 1 rings (SSSR count). The van der Waals surface area contributed by atoms with Crippen LogP contribution in [0.5, 0.6) is 0 Å². The average molecular weight is 258 g/mol. The highest BCUT2D eigenvalue weighted by Crippen LogP contribution is 2.19. The number of amides is 2. The molecular formula is C12H22N2O4. The van der Waals surface area contributed by atoms with E-state index >= 15 is 0 Å². The molecule has 1 heterocycles. The van der Waals surface area contributed by atoms with Gasteiger partial charge < -0.3 is 9.64 Å². The zero-order valence-corrected chi connectivity index (χ0v) is 11.3. The van der Waals surface area contributed by atoms with Crippen LogP contribution in [0, 0.1) is 5.92 Å². The maximum atomic E-state index is 11.9. The van der Waals surface area contributed by atoms with Crippen molar-refractivity contribution in [2.24, 2.45) is 5.92 Å². The predicted octanol–water partition coefficient (Wildman–Crippen LogP) is 1.31.